The van der Waals surface area contributed by atoms with Crippen LogP contribution in [0.15, 0.2) is 23.0 Å². The zero-order chi connectivity index (χ0) is 17.6. The second-order valence-corrected chi connectivity index (χ2v) is 7.78. The number of pyridine rings is 1. The van der Waals surface area contributed by atoms with Crippen molar-refractivity contribution in [3.05, 3.63) is 34.2 Å². The van der Waals surface area contributed by atoms with Crippen LogP contribution in [0, 0.1) is 17.8 Å². The molecule has 0 unspecified atom stereocenters. The molecule has 6 heteroatoms. The fourth-order valence-electron chi connectivity index (χ4n) is 5.03. The van der Waals surface area contributed by atoms with Gasteiger partial charge in [0.05, 0.1) is 11.8 Å². The van der Waals surface area contributed by atoms with Crippen LogP contribution in [0.1, 0.15) is 43.7 Å². The van der Waals surface area contributed by atoms with Gasteiger partial charge in [0, 0.05) is 37.3 Å². The largest absolute Gasteiger partial charge is 0.481 e. The van der Waals surface area contributed by atoms with Crippen molar-refractivity contribution in [2.24, 2.45) is 17.8 Å². The van der Waals surface area contributed by atoms with Crippen molar-refractivity contribution in [2.45, 2.75) is 44.6 Å². The van der Waals surface area contributed by atoms with Crippen LogP contribution in [0.25, 0.3) is 0 Å². The number of amides is 1. The van der Waals surface area contributed by atoms with Crippen LogP contribution in [0.4, 0.5) is 0 Å². The lowest BCUT2D eigenvalue weighted by molar-refractivity contribution is -0.153. The molecule has 1 saturated carbocycles. The van der Waals surface area contributed by atoms with Crippen LogP contribution < -0.4 is 5.56 Å². The van der Waals surface area contributed by atoms with Gasteiger partial charge < -0.3 is 14.6 Å². The Morgan fingerprint density at radius 2 is 1.80 bits per heavy atom. The summed E-state index contributed by atoms with van der Waals surface area (Å²) < 4.78 is 1.85. The van der Waals surface area contributed by atoms with E-state index in [1.165, 1.54) is 0 Å². The van der Waals surface area contributed by atoms with Crippen molar-refractivity contribution in [3.8, 4) is 0 Å². The highest BCUT2D eigenvalue weighted by Crippen LogP contribution is 2.38. The Morgan fingerprint density at radius 3 is 2.56 bits per heavy atom. The Kier molecular flexibility index (Phi) is 4.13. The number of fused-ring (bicyclic) bond motifs is 4. The lowest BCUT2D eigenvalue weighted by Crippen LogP contribution is -2.52. The van der Waals surface area contributed by atoms with Crippen LogP contribution in [0.3, 0.4) is 0 Å². The fourth-order valence-corrected chi connectivity index (χ4v) is 5.03. The predicted molar refractivity (Wildman–Crippen MR) is 91.2 cm³/mol. The molecule has 4 atom stereocenters. The van der Waals surface area contributed by atoms with E-state index in [9.17, 15) is 19.5 Å². The number of hydrogen-bond donors (Lipinski definition) is 1. The number of carboxylic acids is 1. The molecule has 2 fully saturated rings. The molecule has 1 aromatic heterocycles. The number of hydrogen-bond acceptors (Lipinski definition) is 3. The molecular weight excluding hydrogens is 320 g/mol. The molecule has 2 bridgehead atoms. The van der Waals surface area contributed by atoms with Crippen molar-refractivity contribution in [1.29, 1.82) is 0 Å². The minimum Gasteiger partial charge on any atom is -0.481 e. The van der Waals surface area contributed by atoms with E-state index in [-0.39, 0.29) is 29.2 Å². The van der Waals surface area contributed by atoms with Gasteiger partial charge in [-0.3, -0.25) is 14.4 Å². The Hall–Kier alpha value is -2.11. The fraction of sp³-hybridized carbons (Fsp3) is 0.632. The molecule has 0 aromatic carbocycles. The van der Waals surface area contributed by atoms with Gasteiger partial charge in [-0.1, -0.05) is 18.9 Å². The molecule has 25 heavy (non-hydrogen) atoms. The van der Waals surface area contributed by atoms with Crippen molar-refractivity contribution in [2.75, 3.05) is 13.1 Å². The molecule has 3 aliphatic rings. The maximum Gasteiger partial charge on any atom is 0.307 e. The normalized spacial score (nSPS) is 31.3. The average molecular weight is 344 g/mol. The standard InChI is InChI=1S/C19H24N2O4/c22-17-7-3-6-16-13-8-12(10-21(16)17)9-20(11-13)18(23)14-4-1-2-5-15(14)19(24)25/h3,6-7,12-15H,1-2,4-5,8-11H2,(H,24,25)/t12-,13+,14+,15-/m0/s1. The molecule has 1 N–H and O–H groups in total. The summed E-state index contributed by atoms with van der Waals surface area (Å²) in [6.07, 6.45) is 4.10. The summed E-state index contributed by atoms with van der Waals surface area (Å²) in [6.45, 7) is 1.89. The van der Waals surface area contributed by atoms with E-state index < -0.39 is 11.9 Å². The number of carboxylic acid groups (broad SMARTS) is 1. The molecule has 1 aromatic rings. The van der Waals surface area contributed by atoms with Crippen molar-refractivity contribution in [3.63, 3.8) is 0 Å². The highest BCUT2D eigenvalue weighted by Gasteiger charge is 2.42. The number of piperidine rings is 1. The first-order valence-corrected chi connectivity index (χ1v) is 9.26. The van der Waals surface area contributed by atoms with Crippen LogP contribution in [-0.2, 0) is 16.1 Å². The number of aliphatic carboxylic acids is 1. The number of rotatable bonds is 2. The molecule has 134 valence electrons. The third kappa shape index (κ3) is 2.87. The molecule has 2 aliphatic heterocycles. The molecule has 4 rings (SSSR count). The van der Waals surface area contributed by atoms with Crippen molar-refractivity contribution >= 4 is 11.9 Å². The van der Waals surface area contributed by atoms with Crippen LogP contribution >= 0.6 is 0 Å². The van der Waals surface area contributed by atoms with E-state index in [1.807, 2.05) is 15.5 Å². The number of carbonyl (C=O) groups excluding carboxylic acids is 1. The Balaban J connectivity index is 1.56. The van der Waals surface area contributed by atoms with Gasteiger partial charge in [0.15, 0.2) is 0 Å². The maximum atomic E-state index is 13.1. The highest BCUT2D eigenvalue weighted by atomic mass is 16.4. The van der Waals surface area contributed by atoms with Gasteiger partial charge in [0.25, 0.3) is 5.56 Å². The van der Waals surface area contributed by atoms with E-state index in [1.54, 1.807) is 12.1 Å². The molecule has 1 amide bonds. The highest BCUT2D eigenvalue weighted by molar-refractivity contribution is 5.85. The molecule has 3 heterocycles. The second kappa shape index (κ2) is 6.32. The van der Waals surface area contributed by atoms with Gasteiger partial charge in [0.2, 0.25) is 5.91 Å². The topological polar surface area (TPSA) is 79.6 Å². The summed E-state index contributed by atoms with van der Waals surface area (Å²) in [7, 11) is 0. The van der Waals surface area contributed by atoms with Crippen LogP contribution in [0.5, 0.6) is 0 Å². The Bertz CT molecular complexity index is 756. The van der Waals surface area contributed by atoms with Crippen LogP contribution in [0.2, 0.25) is 0 Å². The minimum atomic E-state index is -0.841. The quantitative estimate of drug-likeness (QED) is 0.885. The monoisotopic (exact) mass is 344 g/mol. The van der Waals surface area contributed by atoms with E-state index >= 15 is 0 Å². The van der Waals surface area contributed by atoms with E-state index in [0.717, 1.165) is 25.0 Å². The minimum absolute atomic E-state index is 0.00790. The first-order chi connectivity index (χ1) is 12.0. The van der Waals surface area contributed by atoms with Crippen LogP contribution in [-0.4, -0.2) is 39.5 Å². The van der Waals surface area contributed by atoms with Crippen molar-refractivity contribution in [1.82, 2.24) is 9.47 Å². The Labute approximate surface area is 146 Å². The summed E-state index contributed by atoms with van der Waals surface area (Å²) >= 11 is 0. The van der Waals surface area contributed by atoms with E-state index in [0.29, 0.717) is 32.5 Å². The SMILES string of the molecule is O=C(O)[C@H]1CCCC[C@H]1C(=O)N1C[C@@H]2C[C@H](C1)c1cccc(=O)n1C2. The smallest absolute Gasteiger partial charge is 0.307 e. The zero-order valence-electron chi connectivity index (χ0n) is 14.3. The Morgan fingerprint density at radius 1 is 1.04 bits per heavy atom. The van der Waals surface area contributed by atoms with E-state index in [4.69, 9.17) is 0 Å². The molecule has 1 saturated heterocycles. The van der Waals surface area contributed by atoms with Gasteiger partial charge >= 0.3 is 5.97 Å². The predicted octanol–water partition coefficient (Wildman–Crippen LogP) is 1.69. The first kappa shape index (κ1) is 16.4. The second-order valence-electron chi connectivity index (χ2n) is 7.78. The zero-order valence-corrected chi connectivity index (χ0v) is 14.3. The van der Waals surface area contributed by atoms with Crippen molar-refractivity contribution < 1.29 is 14.7 Å². The lowest BCUT2D eigenvalue weighted by atomic mass is 9.77. The number of nitrogens with zero attached hydrogens (tertiary/aromatic N) is 2. The molecule has 1 aliphatic carbocycles. The average Bonchev–Trinajstić information content (AvgIpc) is 2.62. The van der Waals surface area contributed by atoms with Gasteiger partial charge in [-0.05, 0) is 31.2 Å². The summed E-state index contributed by atoms with van der Waals surface area (Å²) in [5, 5.41) is 9.47. The molecular formula is C19H24N2O4. The number of aromatic nitrogens is 1. The molecule has 0 spiro atoms. The number of likely N-dealkylation sites (tertiary alicyclic amines) is 1. The first-order valence-electron chi connectivity index (χ1n) is 9.26. The molecule has 6 nitrogen and oxygen atoms in total. The third-order valence-electron chi connectivity index (χ3n) is 6.19. The van der Waals surface area contributed by atoms with E-state index in [2.05, 4.69) is 0 Å². The van der Waals surface area contributed by atoms with Gasteiger partial charge in [-0.2, -0.15) is 0 Å². The third-order valence-corrected chi connectivity index (χ3v) is 6.19. The number of carbonyl (C=O) groups is 2. The lowest BCUT2D eigenvalue weighted by Gasteiger charge is -2.44. The van der Waals surface area contributed by atoms with Gasteiger partial charge in [0.1, 0.15) is 0 Å². The maximum absolute atomic E-state index is 13.1. The van der Waals surface area contributed by atoms with Gasteiger partial charge in [-0.25, -0.2) is 0 Å². The summed E-state index contributed by atoms with van der Waals surface area (Å²) in [5.74, 6) is -1.30. The summed E-state index contributed by atoms with van der Waals surface area (Å²) in [6, 6.07) is 5.36. The van der Waals surface area contributed by atoms with Gasteiger partial charge in [-0.15, -0.1) is 0 Å². The summed E-state index contributed by atoms with van der Waals surface area (Å²) in [4.78, 5) is 38.6. The molecule has 0 radical (unpaired) electrons. The summed E-state index contributed by atoms with van der Waals surface area (Å²) in [5.41, 5.74) is 1.05.